The van der Waals surface area contributed by atoms with E-state index < -0.39 is 6.23 Å². The predicted octanol–water partition coefficient (Wildman–Crippen LogP) is 0.730. The number of rotatable bonds is 2. The topological polar surface area (TPSA) is 51.5 Å². The van der Waals surface area contributed by atoms with Crippen LogP contribution in [0, 0.1) is 0 Å². The van der Waals surface area contributed by atoms with Crippen LogP contribution < -0.4 is 5.48 Å². The van der Waals surface area contributed by atoms with Gasteiger partial charge in [0.1, 0.15) is 0 Å². The summed E-state index contributed by atoms with van der Waals surface area (Å²) in [6, 6.07) is 9.07. The first kappa shape index (κ1) is 6.52. The third kappa shape index (κ3) is 1.29. The summed E-state index contributed by atoms with van der Waals surface area (Å²) < 4.78 is 0. The smallest absolute Gasteiger partial charge is 0.214 e. The fourth-order valence-corrected chi connectivity index (χ4v) is 0.895. The molecule has 1 fully saturated rings. The fourth-order valence-electron chi connectivity index (χ4n) is 0.895. The fraction of sp³-hybridized carbons (Fsp3) is 0.125. The molecule has 11 heavy (non-hydrogen) atoms. The minimum absolute atomic E-state index is 0.00870. The number of hydroxylamine groups is 1. The Hall–Kier alpha value is -1.19. The highest BCUT2D eigenvalue weighted by Crippen LogP contribution is 2.09. The van der Waals surface area contributed by atoms with Crippen LogP contribution in [0.2, 0.25) is 0 Å². The number of hydrogen-bond donors (Lipinski definition) is 1. The summed E-state index contributed by atoms with van der Waals surface area (Å²) in [4.78, 5) is 15.8. The van der Waals surface area contributed by atoms with Crippen molar-refractivity contribution in [3.63, 3.8) is 0 Å². The maximum absolute atomic E-state index is 11.2. The average Bonchev–Trinajstić information content (AvgIpc) is 2.87. The second-order valence-corrected chi connectivity index (χ2v) is 2.35. The predicted molar refractivity (Wildman–Crippen MR) is 38.8 cm³/mol. The van der Waals surface area contributed by atoms with Gasteiger partial charge in [0.25, 0.3) is 0 Å². The first-order chi connectivity index (χ1) is 5.38. The van der Waals surface area contributed by atoms with Crippen molar-refractivity contribution in [1.82, 2.24) is 5.48 Å². The van der Waals surface area contributed by atoms with Gasteiger partial charge in [-0.3, -0.25) is 9.63 Å². The Morgan fingerprint density at radius 3 is 2.55 bits per heavy atom. The molecule has 0 spiro atoms. The van der Waals surface area contributed by atoms with Gasteiger partial charge in [-0.25, -0.2) is 0 Å². The van der Waals surface area contributed by atoms with E-state index in [0.717, 1.165) is 0 Å². The Morgan fingerprint density at radius 1 is 1.36 bits per heavy atom. The van der Waals surface area contributed by atoms with Crippen molar-refractivity contribution in [3.05, 3.63) is 35.9 Å². The lowest BCUT2D eigenvalue weighted by molar-refractivity contribution is 0.0953. The molecule has 2 rings (SSSR count). The van der Waals surface area contributed by atoms with E-state index in [4.69, 9.17) is 0 Å². The molecule has 1 N–H and O–H groups in total. The first-order valence-electron chi connectivity index (χ1n) is 3.38. The summed E-state index contributed by atoms with van der Waals surface area (Å²) >= 11 is 0. The number of carbonyl (C=O) groups excluding carboxylic acids is 1. The molecule has 1 saturated heterocycles. The lowest BCUT2D eigenvalue weighted by atomic mass is 10.1. The molecule has 0 bridgehead atoms. The molecule has 1 unspecified atom stereocenters. The van der Waals surface area contributed by atoms with Gasteiger partial charge < -0.3 is 0 Å². The minimum Gasteiger partial charge on any atom is -0.289 e. The average molecular weight is 149 g/mol. The number of ketones is 1. The zero-order valence-electron chi connectivity index (χ0n) is 5.78. The summed E-state index contributed by atoms with van der Waals surface area (Å²) in [6.07, 6.45) is -0.405. The Labute approximate surface area is 63.9 Å². The van der Waals surface area contributed by atoms with E-state index in [1.54, 1.807) is 12.1 Å². The molecule has 3 heteroatoms. The zero-order chi connectivity index (χ0) is 7.68. The number of benzene rings is 1. The van der Waals surface area contributed by atoms with Crippen molar-refractivity contribution in [1.29, 1.82) is 0 Å². The Bertz CT molecular complexity index is 267. The number of nitrogens with one attached hydrogen (secondary N) is 1. The van der Waals surface area contributed by atoms with Crippen molar-refractivity contribution in [3.8, 4) is 0 Å². The Balaban J connectivity index is 2.22. The summed E-state index contributed by atoms with van der Waals surface area (Å²) in [5.41, 5.74) is 3.17. The second kappa shape index (κ2) is 2.45. The van der Waals surface area contributed by atoms with Crippen LogP contribution in [0.4, 0.5) is 0 Å². The first-order valence-corrected chi connectivity index (χ1v) is 3.38. The van der Waals surface area contributed by atoms with Gasteiger partial charge in [-0.2, -0.15) is 5.48 Å². The maximum atomic E-state index is 11.2. The monoisotopic (exact) mass is 149 g/mol. The van der Waals surface area contributed by atoms with Gasteiger partial charge >= 0.3 is 0 Å². The molecule has 1 aromatic rings. The molecule has 0 amide bonds. The second-order valence-electron chi connectivity index (χ2n) is 2.35. The SMILES string of the molecule is O=C(c1ccccc1)C1NO1. The van der Waals surface area contributed by atoms with Crippen LogP contribution in [-0.4, -0.2) is 12.0 Å². The van der Waals surface area contributed by atoms with Crippen LogP contribution >= 0.6 is 0 Å². The molecule has 0 radical (unpaired) electrons. The molecule has 1 aliphatic rings. The highest BCUT2D eigenvalue weighted by atomic mass is 16.8. The van der Waals surface area contributed by atoms with Crippen LogP contribution in [0.5, 0.6) is 0 Å². The van der Waals surface area contributed by atoms with E-state index in [9.17, 15) is 4.79 Å². The normalized spacial score (nSPS) is 21.3. The summed E-state index contributed by atoms with van der Waals surface area (Å²) in [6.45, 7) is 0. The molecule has 0 aliphatic carbocycles. The third-order valence-electron chi connectivity index (χ3n) is 1.53. The molecule has 1 heterocycles. The number of carbonyl (C=O) groups is 1. The largest absolute Gasteiger partial charge is 0.289 e. The molecular formula is C8H7NO2. The van der Waals surface area contributed by atoms with E-state index in [2.05, 4.69) is 10.3 Å². The Kier molecular flexibility index (Phi) is 1.45. The standard InChI is InChI=1S/C8H7NO2/c10-7(8-9-11-8)6-4-2-1-3-5-6/h1-5,8-9H. The van der Waals surface area contributed by atoms with Gasteiger partial charge in [-0.1, -0.05) is 30.3 Å². The van der Waals surface area contributed by atoms with Crippen molar-refractivity contribution in [2.24, 2.45) is 0 Å². The van der Waals surface area contributed by atoms with Crippen LogP contribution in [0.3, 0.4) is 0 Å². The third-order valence-corrected chi connectivity index (χ3v) is 1.53. The summed E-state index contributed by atoms with van der Waals surface area (Å²) in [5, 5.41) is 0. The van der Waals surface area contributed by atoms with Crippen molar-refractivity contribution in [2.45, 2.75) is 6.23 Å². The van der Waals surface area contributed by atoms with E-state index >= 15 is 0 Å². The van der Waals surface area contributed by atoms with Gasteiger partial charge in [0.2, 0.25) is 12.0 Å². The Morgan fingerprint density at radius 2 is 2.00 bits per heavy atom. The van der Waals surface area contributed by atoms with Crippen molar-refractivity contribution < 1.29 is 9.63 Å². The van der Waals surface area contributed by atoms with E-state index in [0.29, 0.717) is 5.56 Å². The highest BCUT2D eigenvalue weighted by Gasteiger charge is 2.31. The molecule has 1 atom stereocenters. The van der Waals surface area contributed by atoms with E-state index in [-0.39, 0.29) is 5.78 Å². The molecule has 3 nitrogen and oxygen atoms in total. The molecule has 1 aliphatic heterocycles. The van der Waals surface area contributed by atoms with Crippen molar-refractivity contribution >= 4 is 5.78 Å². The maximum Gasteiger partial charge on any atom is 0.214 e. The highest BCUT2D eigenvalue weighted by molar-refractivity contribution is 6.00. The molecule has 0 saturated carbocycles. The van der Waals surface area contributed by atoms with Gasteiger partial charge in [0.05, 0.1) is 0 Å². The minimum atomic E-state index is -0.405. The molecular weight excluding hydrogens is 142 g/mol. The van der Waals surface area contributed by atoms with Crippen LogP contribution in [0.25, 0.3) is 0 Å². The summed E-state index contributed by atoms with van der Waals surface area (Å²) in [5.74, 6) is -0.00870. The van der Waals surface area contributed by atoms with E-state index in [1.165, 1.54) is 0 Å². The van der Waals surface area contributed by atoms with Gasteiger partial charge in [-0.05, 0) is 0 Å². The van der Waals surface area contributed by atoms with Crippen LogP contribution in [0.15, 0.2) is 30.3 Å². The van der Waals surface area contributed by atoms with Gasteiger partial charge in [0, 0.05) is 5.56 Å². The number of hydrogen-bond acceptors (Lipinski definition) is 3. The lowest BCUT2D eigenvalue weighted by Gasteiger charge is -1.92. The van der Waals surface area contributed by atoms with Gasteiger partial charge in [0.15, 0.2) is 0 Å². The van der Waals surface area contributed by atoms with E-state index in [1.807, 2.05) is 18.2 Å². The number of Topliss-reactive ketones (excluding diaryl/α,β-unsaturated/α-hetero) is 1. The van der Waals surface area contributed by atoms with Crippen molar-refractivity contribution in [2.75, 3.05) is 0 Å². The van der Waals surface area contributed by atoms with Crippen LogP contribution in [0.1, 0.15) is 10.4 Å². The summed E-state index contributed by atoms with van der Waals surface area (Å²) in [7, 11) is 0. The zero-order valence-corrected chi connectivity index (χ0v) is 5.78. The van der Waals surface area contributed by atoms with Crippen LogP contribution in [-0.2, 0) is 4.84 Å². The molecule has 56 valence electrons. The van der Waals surface area contributed by atoms with Gasteiger partial charge in [-0.15, -0.1) is 0 Å². The molecule has 0 aromatic heterocycles. The molecule has 1 aromatic carbocycles. The quantitative estimate of drug-likeness (QED) is 0.498. The lowest BCUT2D eigenvalue weighted by Crippen LogP contribution is -2.08.